The minimum Gasteiger partial charge on any atom is -0.462 e. The maximum Gasteiger partial charge on any atom is 0.350 e. The molecule has 0 aliphatic heterocycles. The predicted octanol–water partition coefficient (Wildman–Crippen LogP) is 4.71. The van der Waals surface area contributed by atoms with Gasteiger partial charge in [0.05, 0.1) is 28.9 Å². The number of benzene rings is 1. The Labute approximate surface area is 194 Å². The molecule has 1 aliphatic carbocycles. The highest BCUT2D eigenvalue weighted by Crippen LogP contribution is 2.40. The standard InChI is InChI=1S/C24H23N5O3S/c1-4-32-23(31)20-19(15-8-6-5-7-9-15)26-24(33-20)27-22(30)16-12-17(14-10-11-14)25-21-18(16)13(2)28-29(21)3/h5-9,12,14H,4,10-11H2,1-3H3,(H,26,27,30). The third kappa shape index (κ3) is 4.00. The zero-order valence-electron chi connectivity index (χ0n) is 18.6. The number of carbonyl (C=O) groups is 2. The Morgan fingerprint density at radius 3 is 2.67 bits per heavy atom. The summed E-state index contributed by atoms with van der Waals surface area (Å²) in [5.41, 5.74) is 4.13. The first-order chi connectivity index (χ1) is 16.0. The minimum absolute atomic E-state index is 0.256. The zero-order chi connectivity index (χ0) is 23.1. The quantitative estimate of drug-likeness (QED) is 0.418. The van der Waals surface area contributed by atoms with Crippen LogP contribution in [0.1, 0.15) is 57.1 Å². The van der Waals surface area contributed by atoms with Crippen LogP contribution in [-0.4, -0.2) is 38.2 Å². The molecule has 1 aliphatic rings. The third-order valence-electron chi connectivity index (χ3n) is 5.58. The van der Waals surface area contributed by atoms with Crippen LogP contribution in [-0.2, 0) is 11.8 Å². The molecule has 3 aromatic heterocycles. The zero-order valence-corrected chi connectivity index (χ0v) is 19.4. The maximum absolute atomic E-state index is 13.4. The van der Waals surface area contributed by atoms with Crippen molar-refractivity contribution < 1.29 is 14.3 Å². The predicted molar refractivity (Wildman–Crippen MR) is 127 cm³/mol. The molecule has 4 aromatic rings. The number of aryl methyl sites for hydroxylation is 2. The van der Waals surface area contributed by atoms with Crippen LogP contribution >= 0.6 is 11.3 Å². The van der Waals surface area contributed by atoms with Gasteiger partial charge in [-0.15, -0.1) is 0 Å². The molecule has 1 N–H and O–H groups in total. The van der Waals surface area contributed by atoms with Gasteiger partial charge >= 0.3 is 5.97 Å². The van der Waals surface area contributed by atoms with Crippen LogP contribution in [0.25, 0.3) is 22.3 Å². The average molecular weight is 462 g/mol. The first-order valence-corrected chi connectivity index (χ1v) is 11.7. The van der Waals surface area contributed by atoms with E-state index in [9.17, 15) is 9.59 Å². The first-order valence-electron chi connectivity index (χ1n) is 10.8. The van der Waals surface area contributed by atoms with Gasteiger partial charge in [-0.05, 0) is 32.8 Å². The number of aromatic nitrogens is 4. The van der Waals surface area contributed by atoms with Crippen molar-refractivity contribution in [1.82, 2.24) is 19.7 Å². The molecule has 0 atom stereocenters. The second-order valence-electron chi connectivity index (χ2n) is 8.01. The molecular formula is C24H23N5O3S. The second kappa shape index (κ2) is 8.40. The fraction of sp³-hybridized carbons (Fsp3) is 0.292. The van der Waals surface area contributed by atoms with Gasteiger partial charge in [-0.3, -0.25) is 14.8 Å². The van der Waals surface area contributed by atoms with Crippen molar-refractivity contribution in [2.24, 2.45) is 7.05 Å². The number of ether oxygens (including phenoxy) is 1. The van der Waals surface area contributed by atoms with Gasteiger partial charge in [0.2, 0.25) is 0 Å². The molecule has 168 valence electrons. The van der Waals surface area contributed by atoms with Gasteiger partial charge in [0, 0.05) is 24.2 Å². The first kappa shape index (κ1) is 21.3. The van der Waals surface area contributed by atoms with E-state index in [0.29, 0.717) is 32.8 Å². The van der Waals surface area contributed by atoms with E-state index in [4.69, 9.17) is 9.72 Å². The van der Waals surface area contributed by atoms with Gasteiger partial charge in [-0.25, -0.2) is 14.8 Å². The molecule has 0 radical (unpaired) electrons. The monoisotopic (exact) mass is 461 g/mol. The van der Waals surface area contributed by atoms with E-state index in [2.05, 4.69) is 15.4 Å². The van der Waals surface area contributed by atoms with Crippen LogP contribution in [0.3, 0.4) is 0 Å². The fourth-order valence-electron chi connectivity index (χ4n) is 3.90. The molecule has 33 heavy (non-hydrogen) atoms. The summed E-state index contributed by atoms with van der Waals surface area (Å²) >= 11 is 1.11. The van der Waals surface area contributed by atoms with Crippen LogP contribution in [0, 0.1) is 6.92 Å². The Morgan fingerprint density at radius 2 is 1.97 bits per heavy atom. The molecular weight excluding hydrogens is 438 g/mol. The summed E-state index contributed by atoms with van der Waals surface area (Å²) in [7, 11) is 1.83. The van der Waals surface area contributed by atoms with Crippen molar-refractivity contribution >= 4 is 39.4 Å². The number of rotatable bonds is 6. The number of fused-ring (bicyclic) bond motifs is 1. The third-order valence-corrected chi connectivity index (χ3v) is 6.54. The molecule has 1 aromatic carbocycles. The van der Waals surface area contributed by atoms with Crippen molar-refractivity contribution in [3.05, 3.63) is 58.2 Å². The number of nitrogens with one attached hydrogen (secondary N) is 1. The summed E-state index contributed by atoms with van der Waals surface area (Å²) in [6, 6.07) is 11.3. The number of thiazole rings is 1. The van der Waals surface area contributed by atoms with E-state index in [-0.39, 0.29) is 12.5 Å². The molecule has 9 heteroatoms. The second-order valence-corrected chi connectivity index (χ2v) is 9.01. The lowest BCUT2D eigenvalue weighted by Gasteiger charge is -2.07. The molecule has 0 bridgehead atoms. The number of esters is 1. The van der Waals surface area contributed by atoms with E-state index in [1.165, 1.54) is 0 Å². The van der Waals surface area contributed by atoms with Crippen molar-refractivity contribution in [3.8, 4) is 11.3 Å². The van der Waals surface area contributed by atoms with Crippen LogP contribution in [0.4, 0.5) is 5.13 Å². The Balaban J connectivity index is 1.54. The Hall–Kier alpha value is -3.59. The SMILES string of the molecule is CCOC(=O)c1sc(NC(=O)c2cc(C3CC3)nc3c2c(C)nn3C)nc1-c1ccccc1. The lowest BCUT2D eigenvalue weighted by atomic mass is 10.1. The Morgan fingerprint density at radius 1 is 1.21 bits per heavy atom. The topological polar surface area (TPSA) is 99.0 Å². The largest absolute Gasteiger partial charge is 0.462 e. The van der Waals surface area contributed by atoms with E-state index in [1.54, 1.807) is 11.6 Å². The molecule has 5 rings (SSSR count). The summed E-state index contributed by atoms with van der Waals surface area (Å²) in [5.74, 6) is -0.375. The number of nitrogens with zero attached hydrogens (tertiary/aromatic N) is 4. The van der Waals surface area contributed by atoms with Gasteiger partial charge in [0.25, 0.3) is 5.91 Å². The highest BCUT2D eigenvalue weighted by molar-refractivity contribution is 7.18. The molecule has 0 saturated heterocycles. The lowest BCUT2D eigenvalue weighted by molar-refractivity contribution is 0.0532. The number of amides is 1. The van der Waals surface area contributed by atoms with E-state index in [0.717, 1.165) is 46.5 Å². The lowest BCUT2D eigenvalue weighted by Crippen LogP contribution is -2.13. The van der Waals surface area contributed by atoms with E-state index < -0.39 is 5.97 Å². The van der Waals surface area contributed by atoms with Gasteiger partial charge in [-0.2, -0.15) is 5.10 Å². The average Bonchev–Trinajstić information content (AvgIpc) is 3.52. The number of anilines is 1. The normalized spacial score (nSPS) is 13.3. The summed E-state index contributed by atoms with van der Waals surface area (Å²) in [6.45, 7) is 3.88. The molecule has 1 amide bonds. The summed E-state index contributed by atoms with van der Waals surface area (Å²) in [5, 5.41) is 8.42. The number of pyridine rings is 1. The van der Waals surface area contributed by atoms with Crippen LogP contribution < -0.4 is 5.32 Å². The van der Waals surface area contributed by atoms with Crippen LogP contribution in [0.5, 0.6) is 0 Å². The maximum atomic E-state index is 13.4. The van der Waals surface area contributed by atoms with Crippen molar-refractivity contribution in [3.63, 3.8) is 0 Å². The van der Waals surface area contributed by atoms with Crippen LogP contribution in [0.15, 0.2) is 36.4 Å². The number of hydrogen-bond acceptors (Lipinski definition) is 7. The van der Waals surface area contributed by atoms with Crippen LogP contribution in [0.2, 0.25) is 0 Å². The molecule has 0 unspecified atom stereocenters. The minimum atomic E-state index is -0.459. The molecule has 1 fully saturated rings. The van der Waals surface area contributed by atoms with Crippen molar-refractivity contribution in [2.45, 2.75) is 32.6 Å². The highest BCUT2D eigenvalue weighted by atomic mass is 32.1. The number of carbonyl (C=O) groups excluding carboxylic acids is 2. The highest BCUT2D eigenvalue weighted by Gasteiger charge is 2.29. The fourth-order valence-corrected chi connectivity index (χ4v) is 4.77. The van der Waals surface area contributed by atoms with Gasteiger partial charge in [0.1, 0.15) is 4.88 Å². The van der Waals surface area contributed by atoms with Gasteiger partial charge in [-0.1, -0.05) is 41.7 Å². The van der Waals surface area contributed by atoms with Crippen molar-refractivity contribution in [2.75, 3.05) is 11.9 Å². The number of hydrogen-bond donors (Lipinski definition) is 1. The summed E-state index contributed by atoms with van der Waals surface area (Å²) in [6.07, 6.45) is 2.15. The van der Waals surface area contributed by atoms with Gasteiger partial charge < -0.3 is 4.74 Å². The van der Waals surface area contributed by atoms with E-state index >= 15 is 0 Å². The Bertz CT molecular complexity index is 1370. The molecule has 8 nitrogen and oxygen atoms in total. The summed E-state index contributed by atoms with van der Waals surface area (Å²) < 4.78 is 6.93. The molecule has 3 heterocycles. The molecule has 1 saturated carbocycles. The van der Waals surface area contributed by atoms with Crippen molar-refractivity contribution in [1.29, 1.82) is 0 Å². The smallest absolute Gasteiger partial charge is 0.350 e. The van der Waals surface area contributed by atoms with E-state index in [1.807, 2.05) is 50.4 Å². The summed E-state index contributed by atoms with van der Waals surface area (Å²) in [4.78, 5) is 35.7. The molecule has 0 spiro atoms. The van der Waals surface area contributed by atoms with Gasteiger partial charge in [0.15, 0.2) is 10.8 Å². The Kier molecular flexibility index (Phi) is 5.41.